The molecule has 2 rings (SSSR count). The van der Waals surface area contributed by atoms with Gasteiger partial charge in [-0.3, -0.25) is 0 Å². The summed E-state index contributed by atoms with van der Waals surface area (Å²) in [6.45, 7) is 7.32. The normalized spacial score (nSPS) is 13.3. The van der Waals surface area contributed by atoms with Crippen molar-refractivity contribution in [3.8, 4) is 0 Å². The number of fused-ring (bicyclic) bond motifs is 1. The molecule has 1 unspecified atom stereocenters. The van der Waals surface area contributed by atoms with Gasteiger partial charge in [-0.15, -0.1) is 0 Å². The lowest BCUT2D eigenvalue weighted by atomic mass is 10.0. The van der Waals surface area contributed by atoms with E-state index in [2.05, 4.69) is 18.8 Å². The van der Waals surface area contributed by atoms with Gasteiger partial charge in [0.05, 0.1) is 28.7 Å². The average molecular weight is 317 g/mol. The minimum absolute atomic E-state index is 0.0526. The Morgan fingerprint density at radius 1 is 1.45 bits per heavy atom. The monoisotopic (exact) mass is 316 g/mol. The summed E-state index contributed by atoms with van der Waals surface area (Å²) in [4.78, 5) is 3.08. The number of hydrogen-bond acceptors (Lipinski definition) is 2. The van der Waals surface area contributed by atoms with E-state index in [1.165, 1.54) is 6.07 Å². The molecule has 0 radical (unpaired) electrons. The van der Waals surface area contributed by atoms with Crippen molar-refractivity contribution in [3.05, 3.63) is 27.7 Å². The van der Waals surface area contributed by atoms with Crippen LogP contribution in [0.25, 0.3) is 11.0 Å². The molecule has 0 saturated heterocycles. The molecule has 3 nitrogen and oxygen atoms in total. The molecule has 1 heterocycles. The maximum Gasteiger partial charge on any atom is 0.178 e. The van der Waals surface area contributed by atoms with E-state index in [0.29, 0.717) is 23.9 Å². The van der Waals surface area contributed by atoms with Gasteiger partial charge in [0.1, 0.15) is 5.82 Å². The molecule has 20 heavy (non-hydrogen) atoms. The Hall–Kier alpha value is -0.910. The fourth-order valence-electron chi connectivity index (χ4n) is 2.25. The maximum absolute atomic E-state index is 13.7. The van der Waals surface area contributed by atoms with Gasteiger partial charge >= 0.3 is 0 Å². The first-order valence-corrected chi connectivity index (χ1v) is 7.41. The van der Waals surface area contributed by atoms with Crippen LogP contribution in [0.3, 0.4) is 0 Å². The van der Waals surface area contributed by atoms with Gasteiger partial charge in [0.25, 0.3) is 0 Å². The fraction of sp³-hybridized carbons (Fsp3) is 0.500. The van der Waals surface area contributed by atoms with Crippen molar-refractivity contribution < 1.29 is 9.13 Å². The molecule has 2 aromatic rings. The van der Waals surface area contributed by atoms with E-state index in [-0.39, 0.29) is 11.1 Å². The molecule has 0 aliphatic rings. The lowest BCUT2D eigenvalue weighted by molar-refractivity contribution is 0.0974. The highest BCUT2D eigenvalue weighted by Gasteiger charge is 2.20. The van der Waals surface area contributed by atoms with Gasteiger partial charge in [0.2, 0.25) is 0 Å². The Morgan fingerprint density at radius 3 is 2.75 bits per heavy atom. The molecule has 1 aromatic heterocycles. The number of nitrogens with zero attached hydrogens (tertiary/aromatic N) is 1. The zero-order valence-electron chi connectivity index (χ0n) is 11.7. The van der Waals surface area contributed by atoms with Crippen LogP contribution in [0, 0.1) is 16.5 Å². The summed E-state index contributed by atoms with van der Waals surface area (Å²) in [5.41, 5.74) is 1.46. The van der Waals surface area contributed by atoms with Crippen LogP contribution in [0.2, 0.25) is 5.02 Å². The van der Waals surface area contributed by atoms with Crippen LogP contribution in [0.5, 0.6) is 0 Å². The Bertz CT molecular complexity index is 665. The first kappa shape index (κ1) is 15.5. The molecule has 1 N–H and O–H groups in total. The number of H-pyrrole nitrogens is 1. The molecule has 0 saturated carbocycles. The fourth-order valence-corrected chi connectivity index (χ4v) is 2.76. The second-order valence-electron chi connectivity index (χ2n) is 5.05. The van der Waals surface area contributed by atoms with Crippen LogP contribution in [-0.4, -0.2) is 22.8 Å². The van der Waals surface area contributed by atoms with Crippen LogP contribution in [0.15, 0.2) is 12.1 Å². The van der Waals surface area contributed by atoms with Gasteiger partial charge in [-0.25, -0.2) is 4.39 Å². The Kier molecular flexibility index (Phi) is 4.83. The molecule has 0 aliphatic carbocycles. The average Bonchev–Trinajstić information content (AvgIpc) is 2.67. The quantitative estimate of drug-likeness (QED) is 0.808. The molecular weight excluding hydrogens is 299 g/mol. The standard InChI is InChI=1S/C14H18ClFN2OS/c1-4-19-7-13(8(2)3)18-12-6-10(16)9(15)5-11(12)17-14(18)20/h5-6,8,13H,4,7H2,1-3H3,(H,17,20). The summed E-state index contributed by atoms with van der Waals surface area (Å²) in [7, 11) is 0. The number of halogens is 2. The summed E-state index contributed by atoms with van der Waals surface area (Å²) >= 11 is 11.2. The van der Waals surface area contributed by atoms with Gasteiger partial charge in [-0.2, -0.15) is 0 Å². The number of aromatic nitrogens is 2. The Morgan fingerprint density at radius 2 is 2.15 bits per heavy atom. The van der Waals surface area contributed by atoms with Gasteiger partial charge in [0, 0.05) is 12.7 Å². The van der Waals surface area contributed by atoms with Crippen molar-refractivity contribution in [1.82, 2.24) is 9.55 Å². The van der Waals surface area contributed by atoms with E-state index >= 15 is 0 Å². The van der Waals surface area contributed by atoms with Crippen LogP contribution in [0.1, 0.15) is 26.8 Å². The van der Waals surface area contributed by atoms with Gasteiger partial charge < -0.3 is 14.3 Å². The molecule has 0 spiro atoms. The van der Waals surface area contributed by atoms with Crippen LogP contribution in [0.4, 0.5) is 4.39 Å². The van der Waals surface area contributed by atoms with Crippen molar-refractivity contribution in [1.29, 1.82) is 0 Å². The topological polar surface area (TPSA) is 29.9 Å². The smallest absolute Gasteiger partial charge is 0.178 e. The highest BCUT2D eigenvalue weighted by Crippen LogP contribution is 2.28. The van der Waals surface area contributed by atoms with Crippen molar-refractivity contribution in [2.24, 2.45) is 5.92 Å². The summed E-state index contributed by atoms with van der Waals surface area (Å²) in [6, 6.07) is 3.04. The molecule has 0 aliphatic heterocycles. The zero-order chi connectivity index (χ0) is 14.9. The van der Waals surface area contributed by atoms with Crippen molar-refractivity contribution >= 4 is 34.9 Å². The Labute approximate surface area is 127 Å². The maximum atomic E-state index is 13.7. The first-order chi connectivity index (χ1) is 9.45. The molecule has 1 atom stereocenters. The van der Waals surface area contributed by atoms with Crippen LogP contribution >= 0.6 is 23.8 Å². The largest absolute Gasteiger partial charge is 0.380 e. The third-order valence-corrected chi connectivity index (χ3v) is 3.94. The first-order valence-electron chi connectivity index (χ1n) is 6.62. The SMILES string of the molecule is CCOCC(C(C)C)n1c(=S)[nH]c2cc(Cl)c(F)cc21. The summed E-state index contributed by atoms with van der Waals surface area (Å²) in [5.74, 6) is -0.133. The number of rotatable bonds is 5. The minimum Gasteiger partial charge on any atom is -0.380 e. The molecule has 1 aromatic carbocycles. The number of imidazole rings is 1. The van der Waals surface area contributed by atoms with E-state index < -0.39 is 5.82 Å². The van der Waals surface area contributed by atoms with E-state index in [1.54, 1.807) is 6.07 Å². The molecular formula is C14H18ClFN2OS. The zero-order valence-corrected chi connectivity index (χ0v) is 13.3. The summed E-state index contributed by atoms with van der Waals surface area (Å²) < 4.78 is 21.7. The molecule has 110 valence electrons. The molecule has 6 heteroatoms. The highest BCUT2D eigenvalue weighted by atomic mass is 35.5. The highest BCUT2D eigenvalue weighted by molar-refractivity contribution is 7.71. The van der Waals surface area contributed by atoms with E-state index in [4.69, 9.17) is 28.6 Å². The van der Waals surface area contributed by atoms with Gasteiger partial charge in [-0.05, 0) is 31.1 Å². The second kappa shape index (κ2) is 6.24. The van der Waals surface area contributed by atoms with E-state index in [9.17, 15) is 4.39 Å². The number of hydrogen-bond donors (Lipinski definition) is 1. The number of benzene rings is 1. The lowest BCUT2D eigenvalue weighted by Gasteiger charge is -2.23. The van der Waals surface area contributed by atoms with Crippen molar-refractivity contribution in [2.75, 3.05) is 13.2 Å². The minimum atomic E-state index is -0.444. The van der Waals surface area contributed by atoms with Gasteiger partial charge in [0.15, 0.2) is 4.77 Å². The van der Waals surface area contributed by atoms with Crippen LogP contribution < -0.4 is 0 Å². The van der Waals surface area contributed by atoms with E-state index in [0.717, 1.165) is 11.0 Å². The third kappa shape index (κ3) is 2.90. The van der Waals surface area contributed by atoms with Crippen molar-refractivity contribution in [3.63, 3.8) is 0 Å². The molecule has 0 amide bonds. The van der Waals surface area contributed by atoms with Crippen LogP contribution in [-0.2, 0) is 4.74 Å². The lowest BCUT2D eigenvalue weighted by Crippen LogP contribution is -2.21. The summed E-state index contributed by atoms with van der Waals surface area (Å²) in [6.07, 6.45) is 0. The van der Waals surface area contributed by atoms with Gasteiger partial charge in [-0.1, -0.05) is 25.4 Å². The molecule has 0 fully saturated rings. The van der Waals surface area contributed by atoms with E-state index in [1.807, 2.05) is 11.5 Å². The predicted octanol–water partition coefficient (Wildman–Crippen LogP) is 4.72. The number of aromatic amines is 1. The second-order valence-corrected chi connectivity index (χ2v) is 5.85. The molecule has 0 bridgehead atoms. The Balaban J connectivity index is 2.59. The predicted molar refractivity (Wildman–Crippen MR) is 82.5 cm³/mol. The third-order valence-electron chi connectivity index (χ3n) is 3.35. The summed E-state index contributed by atoms with van der Waals surface area (Å²) in [5, 5.41) is 0.0896. The van der Waals surface area contributed by atoms with Crippen molar-refractivity contribution in [2.45, 2.75) is 26.8 Å². The number of nitrogens with one attached hydrogen (secondary N) is 1. The number of ether oxygens (including phenoxy) is 1.